The molecule has 0 bridgehead atoms. The van der Waals surface area contributed by atoms with Crippen molar-refractivity contribution in [3.63, 3.8) is 0 Å². The zero-order valence-electron chi connectivity index (χ0n) is 16.0. The maximum absolute atomic E-state index is 13.4. The number of urea groups is 1. The van der Waals surface area contributed by atoms with Crippen LogP contribution in [0.25, 0.3) is 0 Å². The molecule has 1 fully saturated rings. The normalized spacial score (nSPS) is 15.3. The topological polar surface area (TPSA) is 92.3 Å². The largest absolute Gasteiger partial charge is 0.478 e. The lowest BCUT2D eigenvalue weighted by atomic mass is 10.2. The molecule has 0 saturated carbocycles. The molecule has 0 unspecified atom stereocenters. The lowest BCUT2D eigenvalue weighted by molar-refractivity contribution is 0.0256. The van der Waals surface area contributed by atoms with Gasteiger partial charge in [0.1, 0.15) is 5.15 Å². The first kappa shape index (κ1) is 21.0. The number of anilines is 2. The molecule has 8 nitrogen and oxygen atoms in total. The van der Waals surface area contributed by atoms with Crippen molar-refractivity contribution in [1.29, 1.82) is 0 Å². The Hall–Kier alpha value is -2.75. The Labute approximate surface area is 171 Å². The van der Waals surface area contributed by atoms with E-state index in [-0.39, 0.29) is 31.2 Å². The van der Waals surface area contributed by atoms with Gasteiger partial charge in [-0.2, -0.15) is 5.10 Å². The molecule has 156 valence electrons. The van der Waals surface area contributed by atoms with E-state index in [9.17, 15) is 13.6 Å². The highest BCUT2D eigenvalue weighted by molar-refractivity contribution is 6.29. The zero-order valence-corrected chi connectivity index (χ0v) is 16.8. The average Bonchev–Trinajstić information content (AvgIpc) is 2.99. The first-order valence-electron chi connectivity index (χ1n) is 9.07. The molecule has 2 aromatic rings. The van der Waals surface area contributed by atoms with E-state index >= 15 is 0 Å². The van der Waals surface area contributed by atoms with Crippen LogP contribution in [-0.4, -0.2) is 46.8 Å². The van der Waals surface area contributed by atoms with Crippen molar-refractivity contribution >= 4 is 29.1 Å². The van der Waals surface area contributed by atoms with E-state index in [1.807, 2.05) is 6.92 Å². The van der Waals surface area contributed by atoms with Crippen molar-refractivity contribution in [2.45, 2.75) is 32.7 Å². The van der Waals surface area contributed by atoms with Crippen LogP contribution < -0.4 is 20.3 Å². The molecule has 29 heavy (non-hydrogen) atoms. The number of pyridine rings is 1. The van der Waals surface area contributed by atoms with Crippen molar-refractivity contribution in [3.8, 4) is 5.88 Å². The van der Waals surface area contributed by atoms with Gasteiger partial charge in [-0.25, -0.2) is 18.6 Å². The highest BCUT2D eigenvalue weighted by atomic mass is 35.5. The molecule has 2 aromatic heterocycles. The van der Waals surface area contributed by atoms with Crippen molar-refractivity contribution in [3.05, 3.63) is 34.6 Å². The Morgan fingerprint density at radius 2 is 2.14 bits per heavy atom. The molecular weight excluding hydrogens is 406 g/mol. The number of alkyl halides is 2. The molecule has 1 aliphatic rings. The molecular formula is C18H21ClF2N6O2. The number of hydrogen-bond acceptors (Lipinski definition) is 6. The summed E-state index contributed by atoms with van der Waals surface area (Å²) in [6.45, 7) is 4.00. The molecule has 0 atom stereocenters. The highest BCUT2D eigenvalue weighted by Crippen LogP contribution is 2.31. The van der Waals surface area contributed by atoms with Crippen LogP contribution in [0.1, 0.15) is 24.6 Å². The third-order valence-electron chi connectivity index (χ3n) is 4.23. The third-order valence-corrected chi connectivity index (χ3v) is 4.42. The van der Waals surface area contributed by atoms with Crippen LogP contribution in [0.15, 0.2) is 18.2 Å². The van der Waals surface area contributed by atoms with Crippen LogP contribution in [-0.2, 0) is 6.54 Å². The molecule has 1 saturated heterocycles. The molecule has 0 aromatic carbocycles. The molecule has 3 rings (SSSR count). The van der Waals surface area contributed by atoms with E-state index in [1.54, 1.807) is 19.1 Å². The predicted octanol–water partition coefficient (Wildman–Crippen LogP) is 3.40. The van der Waals surface area contributed by atoms with Gasteiger partial charge < -0.3 is 20.3 Å². The molecule has 3 heterocycles. The molecule has 0 spiro atoms. The van der Waals surface area contributed by atoms with Gasteiger partial charge in [0, 0.05) is 19.0 Å². The number of aryl methyl sites for hydroxylation is 1. The highest BCUT2D eigenvalue weighted by Gasteiger charge is 2.39. The summed E-state index contributed by atoms with van der Waals surface area (Å²) in [5, 5.41) is 13.6. The third kappa shape index (κ3) is 5.63. The smallest absolute Gasteiger partial charge is 0.319 e. The fourth-order valence-electron chi connectivity index (χ4n) is 2.96. The summed E-state index contributed by atoms with van der Waals surface area (Å²) in [4.78, 5) is 17.6. The molecule has 2 N–H and O–H groups in total. The number of carbonyl (C=O) groups excluding carboxylic acids is 1. The monoisotopic (exact) mass is 426 g/mol. The first-order valence-corrected chi connectivity index (χ1v) is 9.45. The molecule has 11 heteroatoms. The van der Waals surface area contributed by atoms with Crippen molar-refractivity contribution in [2.24, 2.45) is 0 Å². The van der Waals surface area contributed by atoms with Crippen LogP contribution in [0.2, 0.25) is 5.15 Å². The summed E-state index contributed by atoms with van der Waals surface area (Å²) in [6.07, 6.45) is -0.193. The van der Waals surface area contributed by atoms with E-state index in [1.165, 1.54) is 11.0 Å². The van der Waals surface area contributed by atoms with Gasteiger partial charge >= 0.3 is 6.03 Å². The van der Waals surface area contributed by atoms with Gasteiger partial charge in [-0.1, -0.05) is 11.6 Å². The maximum atomic E-state index is 13.4. The summed E-state index contributed by atoms with van der Waals surface area (Å²) in [7, 11) is 0. The van der Waals surface area contributed by atoms with Crippen LogP contribution in [0.3, 0.4) is 0 Å². The number of nitrogens with zero attached hydrogens (tertiary/aromatic N) is 4. The number of aromatic nitrogens is 3. The van der Waals surface area contributed by atoms with E-state index in [2.05, 4.69) is 25.8 Å². The minimum Gasteiger partial charge on any atom is -0.478 e. The number of nitrogens with one attached hydrogen (secondary N) is 2. The summed E-state index contributed by atoms with van der Waals surface area (Å²) in [5.74, 6) is -1.96. The van der Waals surface area contributed by atoms with Crippen LogP contribution in [0.4, 0.5) is 25.1 Å². The van der Waals surface area contributed by atoms with E-state index in [0.717, 1.165) is 5.56 Å². The minimum absolute atomic E-state index is 0.118. The Bertz CT molecular complexity index is 899. The Morgan fingerprint density at radius 1 is 1.34 bits per heavy atom. The van der Waals surface area contributed by atoms with Crippen LogP contribution in [0.5, 0.6) is 5.88 Å². The number of halogens is 3. The number of hydrogen-bond donors (Lipinski definition) is 2. The minimum atomic E-state index is -2.70. The summed E-state index contributed by atoms with van der Waals surface area (Å²) in [6, 6.07) is 4.29. The lowest BCUT2D eigenvalue weighted by Crippen LogP contribution is -2.29. The molecule has 1 aliphatic heterocycles. The number of ether oxygens (including phenoxy) is 1. The van der Waals surface area contributed by atoms with Crippen molar-refractivity contribution < 1.29 is 18.3 Å². The van der Waals surface area contributed by atoms with Crippen LogP contribution >= 0.6 is 11.6 Å². The fraction of sp³-hybridized carbons (Fsp3) is 0.444. The summed E-state index contributed by atoms with van der Waals surface area (Å²) < 4.78 is 32.1. The average molecular weight is 427 g/mol. The van der Waals surface area contributed by atoms with E-state index < -0.39 is 12.0 Å². The quantitative estimate of drug-likeness (QED) is 0.688. The van der Waals surface area contributed by atoms with Crippen molar-refractivity contribution in [2.75, 3.05) is 29.9 Å². The van der Waals surface area contributed by atoms with Gasteiger partial charge in [0.2, 0.25) is 5.88 Å². The van der Waals surface area contributed by atoms with Gasteiger partial charge in [-0.15, -0.1) is 5.10 Å². The lowest BCUT2D eigenvalue weighted by Gasteiger charge is -2.18. The predicted molar refractivity (Wildman–Crippen MR) is 105 cm³/mol. The first-order chi connectivity index (χ1) is 13.8. The number of rotatable bonds is 6. The van der Waals surface area contributed by atoms with Crippen molar-refractivity contribution in [1.82, 2.24) is 20.5 Å². The van der Waals surface area contributed by atoms with Gasteiger partial charge in [0.05, 0.1) is 31.1 Å². The SMILES string of the molecule is CCOc1cc(NC(=O)NCc2cc(C)c(N3CCC(F)(F)C3)nn2)cc(Cl)n1. The Balaban J connectivity index is 1.57. The second-order valence-electron chi connectivity index (χ2n) is 6.63. The standard InChI is InChI=1S/C18H21ClF2N6O2/c1-3-29-15-8-12(7-14(19)24-15)23-17(28)22-9-13-6-11(2)16(26-25-13)27-5-4-18(20,21)10-27/h6-8H,3-5,9-10H2,1-2H3,(H2,22,23,24,28). The van der Waals surface area contributed by atoms with E-state index in [0.29, 0.717) is 29.7 Å². The number of amides is 2. The second kappa shape index (κ2) is 8.73. The summed E-state index contributed by atoms with van der Waals surface area (Å²) >= 11 is 5.91. The second-order valence-corrected chi connectivity index (χ2v) is 7.01. The maximum Gasteiger partial charge on any atom is 0.319 e. The van der Waals surface area contributed by atoms with Gasteiger partial charge in [-0.05, 0) is 31.5 Å². The van der Waals surface area contributed by atoms with Gasteiger partial charge in [-0.3, -0.25) is 0 Å². The molecule has 0 aliphatic carbocycles. The zero-order chi connectivity index (χ0) is 21.0. The molecule has 0 radical (unpaired) electrons. The number of carbonyl (C=O) groups is 1. The van der Waals surface area contributed by atoms with E-state index in [4.69, 9.17) is 16.3 Å². The molecule has 2 amide bonds. The van der Waals surface area contributed by atoms with Crippen LogP contribution in [0, 0.1) is 6.92 Å². The van der Waals surface area contributed by atoms with Gasteiger partial charge in [0.25, 0.3) is 5.92 Å². The summed E-state index contributed by atoms with van der Waals surface area (Å²) in [5.41, 5.74) is 1.66. The van der Waals surface area contributed by atoms with Gasteiger partial charge in [0.15, 0.2) is 5.82 Å². The Kier molecular flexibility index (Phi) is 6.31. The fourth-order valence-corrected chi connectivity index (χ4v) is 3.16. The Morgan fingerprint density at radius 3 is 2.79 bits per heavy atom.